The molecule has 0 radical (unpaired) electrons. The molecule has 0 saturated heterocycles. The zero-order chi connectivity index (χ0) is 10.4. The zero-order valence-corrected chi connectivity index (χ0v) is 9.30. The Labute approximate surface area is 89.8 Å². The van der Waals surface area contributed by atoms with Gasteiger partial charge in [-0.25, -0.2) is 0 Å². The van der Waals surface area contributed by atoms with Gasteiger partial charge in [0.15, 0.2) is 0 Å². The smallest absolute Gasteiger partial charge is 0.126 e. The summed E-state index contributed by atoms with van der Waals surface area (Å²) in [4.78, 5) is 0. The first-order valence-corrected chi connectivity index (χ1v) is 5.21. The van der Waals surface area contributed by atoms with Crippen molar-refractivity contribution in [3.05, 3.63) is 23.8 Å². The Balaban J connectivity index is 2.79. The first-order valence-electron chi connectivity index (χ1n) is 4.67. The largest absolute Gasteiger partial charge is 0.496 e. The number of methoxy groups -OCH3 is 1. The molecule has 2 nitrogen and oxygen atoms in total. The summed E-state index contributed by atoms with van der Waals surface area (Å²) in [6.45, 7) is 2.80. The van der Waals surface area contributed by atoms with Gasteiger partial charge >= 0.3 is 0 Å². The van der Waals surface area contributed by atoms with Gasteiger partial charge in [-0.3, -0.25) is 0 Å². The molecule has 0 spiro atoms. The molecule has 1 aromatic rings. The van der Waals surface area contributed by atoms with Crippen molar-refractivity contribution in [2.75, 3.05) is 13.7 Å². The number of hydrogen-bond acceptors (Lipinski definition) is 2. The van der Waals surface area contributed by atoms with Crippen molar-refractivity contribution < 1.29 is 9.47 Å². The number of ether oxygens (including phenoxy) is 2. The van der Waals surface area contributed by atoms with Gasteiger partial charge in [0.1, 0.15) is 11.5 Å². The van der Waals surface area contributed by atoms with E-state index in [1.165, 1.54) is 0 Å². The Morgan fingerprint density at radius 3 is 2.71 bits per heavy atom. The Hall–Kier alpha value is -0.890. The lowest BCUT2D eigenvalue weighted by Crippen LogP contribution is -1.96. The maximum atomic E-state index is 5.75. The van der Waals surface area contributed by atoms with Crippen LogP contribution in [-0.4, -0.2) is 13.7 Å². The Kier molecular flexibility index (Phi) is 4.60. The summed E-state index contributed by atoms with van der Waals surface area (Å²) in [6.07, 6.45) is 1.000. The van der Waals surface area contributed by atoms with Gasteiger partial charge in [-0.2, -0.15) is 0 Å². The molecule has 0 bridgehead atoms. The predicted molar refractivity (Wildman–Crippen MR) is 58.3 cm³/mol. The first-order chi connectivity index (χ1) is 6.81. The first kappa shape index (κ1) is 11.2. The molecule has 1 rings (SSSR count). The topological polar surface area (TPSA) is 18.5 Å². The molecule has 1 aromatic carbocycles. The third-order valence-corrected chi connectivity index (χ3v) is 2.16. The van der Waals surface area contributed by atoms with Crippen LogP contribution in [-0.2, 0) is 5.88 Å². The van der Waals surface area contributed by atoms with Crippen LogP contribution in [0, 0.1) is 0 Å². The van der Waals surface area contributed by atoms with E-state index in [1.807, 2.05) is 18.2 Å². The number of rotatable bonds is 5. The summed E-state index contributed by atoms with van der Waals surface area (Å²) in [5.41, 5.74) is 0.984. The van der Waals surface area contributed by atoms with Crippen LogP contribution >= 0.6 is 11.6 Å². The lowest BCUT2D eigenvalue weighted by molar-refractivity contribution is 0.314. The highest BCUT2D eigenvalue weighted by atomic mass is 35.5. The van der Waals surface area contributed by atoms with Crippen molar-refractivity contribution in [3.63, 3.8) is 0 Å². The second-order valence-electron chi connectivity index (χ2n) is 2.96. The van der Waals surface area contributed by atoms with Crippen LogP contribution in [0.5, 0.6) is 11.5 Å². The van der Waals surface area contributed by atoms with Gasteiger partial charge in [-0.15, -0.1) is 11.6 Å². The Bertz CT molecular complexity index is 287. The van der Waals surface area contributed by atoms with E-state index in [0.29, 0.717) is 5.88 Å². The van der Waals surface area contributed by atoms with Crippen molar-refractivity contribution in [2.24, 2.45) is 0 Å². The van der Waals surface area contributed by atoms with E-state index in [2.05, 4.69) is 6.92 Å². The van der Waals surface area contributed by atoms with Crippen LogP contribution in [0.3, 0.4) is 0 Å². The molecule has 0 heterocycles. The van der Waals surface area contributed by atoms with Crippen LogP contribution in [0.2, 0.25) is 0 Å². The maximum Gasteiger partial charge on any atom is 0.126 e. The summed E-state index contributed by atoms with van der Waals surface area (Å²) < 4.78 is 10.7. The monoisotopic (exact) mass is 214 g/mol. The molecule has 0 aromatic heterocycles. The molecule has 0 N–H and O–H groups in total. The van der Waals surface area contributed by atoms with Crippen molar-refractivity contribution >= 4 is 11.6 Å². The molecule has 0 fully saturated rings. The Morgan fingerprint density at radius 1 is 1.36 bits per heavy atom. The fraction of sp³-hybridized carbons (Fsp3) is 0.455. The minimum atomic E-state index is 0.456. The molecule has 78 valence electrons. The van der Waals surface area contributed by atoms with Crippen LogP contribution < -0.4 is 9.47 Å². The standard InChI is InChI=1S/C11H15ClO2/c1-3-6-14-10-5-4-9(8-12)11(7-10)13-2/h4-5,7H,3,6,8H2,1-2H3. The zero-order valence-electron chi connectivity index (χ0n) is 8.55. The summed E-state index contributed by atoms with van der Waals surface area (Å²) in [7, 11) is 1.63. The fourth-order valence-electron chi connectivity index (χ4n) is 1.14. The summed E-state index contributed by atoms with van der Waals surface area (Å²) in [5, 5.41) is 0. The van der Waals surface area contributed by atoms with E-state index < -0.39 is 0 Å². The molecule has 0 unspecified atom stereocenters. The lowest BCUT2D eigenvalue weighted by atomic mass is 10.2. The molecule has 0 atom stereocenters. The van der Waals surface area contributed by atoms with Crippen LogP contribution in [0.4, 0.5) is 0 Å². The van der Waals surface area contributed by atoms with Gasteiger partial charge in [-0.05, 0) is 12.5 Å². The third kappa shape index (κ3) is 2.81. The SMILES string of the molecule is CCCOc1ccc(CCl)c(OC)c1. The van der Waals surface area contributed by atoms with Crippen molar-refractivity contribution in [1.82, 2.24) is 0 Å². The van der Waals surface area contributed by atoms with Gasteiger partial charge in [0, 0.05) is 11.6 Å². The predicted octanol–water partition coefficient (Wildman–Crippen LogP) is 3.22. The van der Waals surface area contributed by atoms with E-state index >= 15 is 0 Å². The number of alkyl halides is 1. The van der Waals surface area contributed by atoms with Gasteiger partial charge < -0.3 is 9.47 Å². The molecule has 0 saturated carbocycles. The highest BCUT2D eigenvalue weighted by Crippen LogP contribution is 2.25. The van der Waals surface area contributed by atoms with E-state index in [1.54, 1.807) is 7.11 Å². The second-order valence-corrected chi connectivity index (χ2v) is 3.22. The Morgan fingerprint density at radius 2 is 2.14 bits per heavy atom. The highest BCUT2D eigenvalue weighted by Gasteiger charge is 2.03. The molecule has 3 heteroatoms. The number of halogens is 1. The molecule has 0 aliphatic heterocycles. The highest BCUT2D eigenvalue weighted by molar-refractivity contribution is 6.17. The second kappa shape index (κ2) is 5.76. The normalized spacial score (nSPS) is 9.93. The molecular formula is C11H15ClO2. The summed E-state index contributed by atoms with van der Waals surface area (Å²) in [6, 6.07) is 5.71. The molecule has 0 aliphatic rings. The fourth-order valence-corrected chi connectivity index (χ4v) is 1.37. The van der Waals surface area contributed by atoms with Crippen molar-refractivity contribution in [1.29, 1.82) is 0 Å². The van der Waals surface area contributed by atoms with E-state index in [4.69, 9.17) is 21.1 Å². The molecule has 0 amide bonds. The molecular weight excluding hydrogens is 200 g/mol. The minimum absolute atomic E-state index is 0.456. The molecule has 0 aliphatic carbocycles. The lowest BCUT2D eigenvalue weighted by Gasteiger charge is -2.09. The quantitative estimate of drug-likeness (QED) is 0.701. The van der Waals surface area contributed by atoms with Crippen LogP contribution in [0.15, 0.2) is 18.2 Å². The summed E-state index contributed by atoms with van der Waals surface area (Å²) in [5.74, 6) is 2.07. The van der Waals surface area contributed by atoms with Gasteiger partial charge in [-0.1, -0.05) is 13.0 Å². The van der Waals surface area contributed by atoms with Gasteiger partial charge in [0.25, 0.3) is 0 Å². The van der Waals surface area contributed by atoms with Gasteiger partial charge in [0.05, 0.1) is 19.6 Å². The number of hydrogen-bond donors (Lipinski definition) is 0. The van der Waals surface area contributed by atoms with E-state index in [9.17, 15) is 0 Å². The third-order valence-electron chi connectivity index (χ3n) is 1.88. The summed E-state index contributed by atoms with van der Waals surface area (Å²) >= 11 is 5.75. The van der Waals surface area contributed by atoms with E-state index in [0.717, 1.165) is 30.1 Å². The van der Waals surface area contributed by atoms with Crippen molar-refractivity contribution in [3.8, 4) is 11.5 Å². The van der Waals surface area contributed by atoms with Gasteiger partial charge in [0.2, 0.25) is 0 Å². The average molecular weight is 215 g/mol. The number of benzene rings is 1. The van der Waals surface area contributed by atoms with E-state index in [-0.39, 0.29) is 0 Å². The van der Waals surface area contributed by atoms with Crippen LogP contribution in [0.25, 0.3) is 0 Å². The minimum Gasteiger partial charge on any atom is -0.496 e. The molecule has 14 heavy (non-hydrogen) atoms. The maximum absolute atomic E-state index is 5.75. The average Bonchev–Trinajstić information content (AvgIpc) is 2.25. The van der Waals surface area contributed by atoms with Crippen molar-refractivity contribution in [2.45, 2.75) is 19.2 Å². The van der Waals surface area contributed by atoms with Crippen LogP contribution in [0.1, 0.15) is 18.9 Å².